The Balaban J connectivity index is 0.00000364. The van der Waals surface area contributed by atoms with E-state index < -0.39 is 0 Å². The van der Waals surface area contributed by atoms with Gasteiger partial charge in [-0.25, -0.2) is 0 Å². The highest BCUT2D eigenvalue weighted by molar-refractivity contribution is 6.09. The van der Waals surface area contributed by atoms with Gasteiger partial charge in [0.15, 0.2) is 0 Å². The lowest BCUT2D eigenvalue weighted by Gasteiger charge is -2.12. The molecular formula is C41H39ClN6. The van der Waals surface area contributed by atoms with Gasteiger partial charge in [-0.1, -0.05) is 97.1 Å². The predicted molar refractivity (Wildman–Crippen MR) is 201 cm³/mol. The summed E-state index contributed by atoms with van der Waals surface area (Å²) in [6, 6.07) is 43.1. The van der Waals surface area contributed by atoms with Crippen molar-refractivity contribution in [3.8, 4) is 0 Å². The van der Waals surface area contributed by atoms with E-state index in [9.17, 15) is 0 Å². The fourth-order valence-corrected chi connectivity index (χ4v) is 7.02. The van der Waals surface area contributed by atoms with Gasteiger partial charge in [-0.05, 0) is 54.9 Å². The number of para-hydroxylation sites is 2. The SMILES string of the molecule is Cl.c1ccc(Cn2c3ccccc3c3ccnc(CNCCCNCc4nccc5c6ccccc6n(Cc6ccccc6)c45)c32)cc1. The van der Waals surface area contributed by atoms with Gasteiger partial charge >= 0.3 is 0 Å². The van der Waals surface area contributed by atoms with Crippen LogP contribution in [0.15, 0.2) is 134 Å². The van der Waals surface area contributed by atoms with Crippen molar-refractivity contribution >= 4 is 56.0 Å². The standard InChI is InChI=1S/C41H38N6.ClH/c1-3-12-30(13-4-1)28-46-38-18-9-7-16-32(38)34-20-24-44-36(40(34)46)26-42-22-11-23-43-27-37-41-35(21-25-45-37)33-17-8-10-19-39(33)47(41)29-31-14-5-2-6-15-31;/h1-10,12-21,24-25,42-43H,11,22-23,26-29H2;1H. The highest BCUT2D eigenvalue weighted by Crippen LogP contribution is 2.32. The zero-order valence-electron chi connectivity index (χ0n) is 26.8. The first-order valence-electron chi connectivity index (χ1n) is 16.5. The van der Waals surface area contributed by atoms with E-state index in [1.54, 1.807) is 0 Å². The van der Waals surface area contributed by atoms with Gasteiger partial charge in [0.1, 0.15) is 0 Å². The van der Waals surface area contributed by atoms with Crippen LogP contribution in [0.1, 0.15) is 28.9 Å². The molecule has 6 nitrogen and oxygen atoms in total. The number of fused-ring (bicyclic) bond motifs is 6. The molecule has 48 heavy (non-hydrogen) atoms. The molecule has 240 valence electrons. The predicted octanol–water partition coefficient (Wildman–Crippen LogP) is 8.48. The van der Waals surface area contributed by atoms with Crippen molar-refractivity contribution in [3.05, 3.63) is 156 Å². The molecule has 2 N–H and O–H groups in total. The average Bonchev–Trinajstić information content (AvgIpc) is 3.62. The first kappa shape index (κ1) is 31.6. The average molecular weight is 651 g/mol. The maximum Gasteiger partial charge on any atom is 0.0784 e. The highest BCUT2D eigenvalue weighted by Gasteiger charge is 2.16. The normalized spacial score (nSPS) is 11.5. The summed E-state index contributed by atoms with van der Waals surface area (Å²) in [5.41, 5.74) is 9.67. The third kappa shape index (κ3) is 6.18. The first-order chi connectivity index (χ1) is 23.3. The van der Waals surface area contributed by atoms with Crippen LogP contribution in [-0.4, -0.2) is 32.2 Å². The number of nitrogens with one attached hydrogen (secondary N) is 2. The van der Waals surface area contributed by atoms with E-state index in [0.29, 0.717) is 0 Å². The second-order valence-electron chi connectivity index (χ2n) is 12.2. The Morgan fingerprint density at radius 2 is 0.875 bits per heavy atom. The van der Waals surface area contributed by atoms with E-state index in [-0.39, 0.29) is 12.4 Å². The lowest BCUT2D eigenvalue weighted by atomic mass is 10.1. The van der Waals surface area contributed by atoms with E-state index in [2.05, 4.69) is 141 Å². The summed E-state index contributed by atoms with van der Waals surface area (Å²) in [6.07, 6.45) is 4.90. The van der Waals surface area contributed by atoms with Crippen molar-refractivity contribution in [1.29, 1.82) is 0 Å². The van der Waals surface area contributed by atoms with Crippen molar-refractivity contribution < 1.29 is 0 Å². The third-order valence-corrected chi connectivity index (χ3v) is 9.17. The quantitative estimate of drug-likeness (QED) is 0.130. The molecule has 0 bridgehead atoms. The number of nitrogens with zero attached hydrogens (tertiary/aromatic N) is 4. The van der Waals surface area contributed by atoms with Crippen LogP contribution in [0.5, 0.6) is 0 Å². The zero-order chi connectivity index (χ0) is 31.4. The summed E-state index contributed by atoms with van der Waals surface area (Å²) in [5, 5.41) is 12.4. The Kier molecular flexibility index (Phi) is 9.48. The Bertz CT molecular complexity index is 2130. The second kappa shape index (κ2) is 14.4. The van der Waals surface area contributed by atoms with Crippen LogP contribution in [0.2, 0.25) is 0 Å². The minimum Gasteiger partial charge on any atom is -0.334 e. The van der Waals surface area contributed by atoms with E-state index >= 15 is 0 Å². The lowest BCUT2D eigenvalue weighted by Crippen LogP contribution is -2.22. The molecule has 0 aliphatic rings. The molecule has 8 rings (SSSR count). The van der Waals surface area contributed by atoms with Gasteiger partial charge in [-0.2, -0.15) is 0 Å². The number of rotatable bonds is 12. The minimum atomic E-state index is 0. The zero-order valence-corrected chi connectivity index (χ0v) is 27.7. The summed E-state index contributed by atoms with van der Waals surface area (Å²) in [4.78, 5) is 9.71. The Morgan fingerprint density at radius 3 is 1.33 bits per heavy atom. The third-order valence-electron chi connectivity index (χ3n) is 9.17. The van der Waals surface area contributed by atoms with Crippen LogP contribution in [0.4, 0.5) is 0 Å². The fourth-order valence-electron chi connectivity index (χ4n) is 7.02. The first-order valence-corrected chi connectivity index (χ1v) is 16.5. The Labute approximate surface area is 286 Å². The lowest BCUT2D eigenvalue weighted by molar-refractivity contribution is 0.588. The van der Waals surface area contributed by atoms with Crippen LogP contribution < -0.4 is 10.6 Å². The molecule has 0 amide bonds. The summed E-state index contributed by atoms with van der Waals surface area (Å²) in [6.45, 7) is 4.88. The number of benzene rings is 4. The molecular weight excluding hydrogens is 612 g/mol. The minimum absolute atomic E-state index is 0. The molecule has 8 aromatic rings. The second-order valence-corrected chi connectivity index (χ2v) is 12.2. The Morgan fingerprint density at radius 1 is 0.458 bits per heavy atom. The number of halogens is 1. The molecule has 0 fully saturated rings. The van der Waals surface area contributed by atoms with Gasteiger partial charge in [0.2, 0.25) is 0 Å². The molecule has 0 aliphatic carbocycles. The van der Waals surface area contributed by atoms with Gasteiger partial charge in [-0.3, -0.25) is 9.97 Å². The van der Waals surface area contributed by atoms with E-state index in [0.717, 1.165) is 57.1 Å². The van der Waals surface area contributed by atoms with Crippen molar-refractivity contribution in [2.24, 2.45) is 0 Å². The van der Waals surface area contributed by atoms with Gasteiger partial charge < -0.3 is 19.8 Å². The molecule has 0 unspecified atom stereocenters. The topological polar surface area (TPSA) is 59.7 Å². The number of aromatic nitrogens is 4. The molecule has 0 spiro atoms. The van der Waals surface area contributed by atoms with Crippen LogP contribution in [0.3, 0.4) is 0 Å². The van der Waals surface area contributed by atoms with Crippen molar-refractivity contribution in [3.63, 3.8) is 0 Å². The van der Waals surface area contributed by atoms with Crippen molar-refractivity contribution in [2.45, 2.75) is 32.6 Å². The molecule has 0 radical (unpaired) electrons. The maximum atomic E-state index is 4.85. The van der Waals surface area contributed by atoms with Crippen molar-refractivity contribution in [1.82, 2.24) is 29.7 Å². The molecule has 0 saturated heterocycles. The van der Waals surface area contributed by atoms with Gasteiger partial charge in [0, 0.05) is 71.2 Å². The molecule has 0 saturated carbocycles. The summed E-state index contributed by atoms with van der Waals surface area (Å²) in [7, 11) is 0. The highest BCUT2D eigenvalue weighted by atomic mass is 35.5. The summed E-state index contributed by atoms with van der Waals surface area (Å²) < 4.78 is 4.85. The molecule has 4 heterocycles. The van der Waals surface area contributed by atoms with Gasteiger partial charge in [0.05, 0.1) is 22.4 Å². The molecule has 4 aromatic carbocycles. The van der Waals surface area contributed by atoms with E-state index in [1.165, 1.54) is 54.7 Å². The van der Waals surface area contributed by atoms with Crippen molar-refractivity contribution in [2.75, 3.05) is 13.1 Å². The van der Waals surface area contributed by atoms with Crippen LogP contribution in [0, 0.1) is 0 Å². The maximum absolute atomic E-state index is 4.85. The largest absolute Gasteiger partial charge is 0.334 e. The van der Waals surface area contributed by atoms with E-state index in [4.69, 9.17) is 9.97 Å². The van der Waals surface area contributed by atoms with Gasteiger partial charge in [-0.15, -0.1) is 12.4 Å². The van der Waals surface area contributed by atoms with Gasteiger partial charge in [0.25, 0.3) is 0 Å². The molecule has 4 aromatic heterocycles. The fraction of sp³-hybridized carbons (Fsp3) is 0.171. The number of pyridine rings is 2. The van der Waals surface area contributed by atoms with Crippen LogP contribution in [0.25, 0.3) is 43.6 Å². The smallest absolute Gasteiger partial charge is 0.0784 e. The molecule has 7 heteroatoms. The summed E-state index contributed by atoms with van der Waals surface area (Å²) in [5.74, 6) is 0. The number of hydrogen-bond donors (Lipinski definition) is 2. The van der Waals surface area contributed by atoms with Crippen LogP contribution >= 0.6 is 12.4 Å². The number of hydrogen-bond acceptors (Lipinski definition) is 4. The van der Waals surface area contributed by atoms with Crippen LogP contribution in [-0.2, 0) is 26.2 Å². The summed E-state index contributed by atoms with van der Waals surface area (Å²) >= 11 is 0. The molecule has 0 atom stereocenters. The molecule has 0 aliphatic heterocycles. The monoisotopic (exact) mass is 650 g/mol. The Hall–Kier alpha value is -5.01. The van der Waals surface area contributed by atoms with E-state index in [1.807, 2.05) is 12.4 Å².